The van der Waals surface area contributed by atoms with Crippen molar-refractivity contribution in [3.63, 3.8) is 0 Å². The number of nitrogens with zero attached hydrogens (tertiary/aromatic N) is 2. The molecule has 0 unspecified atom stereocenters. The predicted molar refractivity (Wildman–Crippen MR) is 43.5 cm³/mol. The highest BCUT2D eigenvalue weighted by Crippen LogP contribution is 2.24. The van der Waals surface area contributed by atoms with Crippen molar-refractivity contribution < 1.29 is 8.78 Å². The molecular formula is C8HBrF2N2. The molecule has 0 N–H and O–H groups in total. The second kappa shape index (κ2) is 3.51. The van der Waals surface area contributed by atoms with E-state index in [0.29, 0.717) is 0 Å². The molecule has 1 aromatic carbocycles. The predicted octanol–water partition coefficient (Wildman–Crippen LogP) is 2.47. The molecule has 0 amide bonds. The molecule has 0 aliphatic rings. The first-order chi connectivity index (χ1) is 6.11. The molecular weight excluding hydrogens is 242 g/mol. The summed E-state index contributed by atoms with van der Waals surface area (Å²) in [5, 5.41) is 16.8. The van der Waals surface area contributed by atoms with E-state index in [4.69, 9.17) is 10.5 Å². The van der Waals surface area contributed by atoms with Gasteiger partial charge in [-0.05, 0) is 22.0 Å². The van der Waals surface area contributed by atoms with Crippen LogP contribution in [0.15, 0.2) is 10.5 Å². The van der Waals surface area contributed by atoms with E-state index in [9.17, 15) is 8.78 Å². The van der Waals surface area contributed by atoms with Crippen molar-refractivity contribution in [1.29, 1.82) is 10.5 Å². The van der Waals surface area contributed by atoms with Gasteiger partial charge in [0.25, 0.3) is 0 Å². The van der Waals surface area contributed by atoms with Crippen LogP contribution in [0.5, 0.6) is 0 Å². The van der Waals surface area contributed by atoms with E-state index in [1.165, 1.54) is 12.1 Å². The highest BCUT2D eigenvalue weighted by Gasteiger charge is 2.16. The quantitative estimate of drug-likeness (QED) is 0.657. The average Bonchev–Trinajstić information content (AvgIpc) is 2.12. The third kappa shape index (κ3) is 1.51. The van der Waals surface area contributed by atoms with Crippen molar-refractivity contribution in [2.24, 2.45) is 0 Å². The fourth-order valence-electron chi connectivity index (χ4n) is 0.779. The standard InChI is InChI=1S/C8HBrF2N2/c9-6-1-4(2-12)7(10)8(11)5(6)3-13/h1H. The number of hydrogen-bond acceptors (Lipinski definition) is 2. The first kappa shape index (κ1) is 9.63. The maximum absolute atomic E-state index is 12.9. The van der Waals surface area contributed by atoms with Gasteiger partial charge in [0, 0.05) is 4.47 Å². The summed E-state index contributed by atoms with van der Waals surface area (Å²) in [6.07, 6.45) is 0. The number of benzene rings is 1. The van der Waals surface area contributed by atoms with Crippen molar-refractivity contribution in [3.8, 4) is 12.1 Å². The molecule has 64 valence electrons. The van der Waals surface area contributed by atoms with E-state index in [1.807, 2.05) is 0 Å². The van der Waals surface area contributed by atoms with Gasteiger partial charge in [-0.1, -0.05) is 0 Å². The Morgan fingerprint density at radius 2 is 1.77 bits per heavy atom. The van der Waals surface area contributed by atoms with Crippen molar-refractivity contribution in [1.82, 2.24) is 0 Å². The van der Waals surface area contributed by atoms with Gasteiger partial charge < -0.3 is 0 Å². The minimum atomic E-state index is -1.30. The third-order valence-electron chi connectivity index (χ3n) is 1.39. The molecule has 0 radical (unpaired) electrons. The Hall–Kier alpha value is -1.46. The normalized spacial score (nSPS) is 9.00. The van der Waals surface area contributed by atoms with Crippen LogP contribution in [0, 0.1) is 34.3 Å². The van der Waals surface area contributed by atoms with Gasteiger partial charge in [-0.3, -0.25) is 0 Å². The van der Waals surface area contributed by atoms with Crippen molar-refractivity contribution in [3.05, 3.63) is 33.3 Å². The highest BCUT2D eigenvalue weighted by molar-refractivity contribution is 9.10. The zero-order chi connectivity index (χ0) is 10.0. The lowest BCUT2D eigenvalue weighted by atomic mass is 10.1. The van der Waals surface area contributed by atoms with E-state index in [0.717, 1.165) is 6.07 Å². The fourth-order valence-corrected chi connectivity index (χ4v) is 1.27. The molecule has 0 bridgehead atoms. The van der Waals surface area contributed by atoms with Gasteiger partial charge in [0.05, 0.1) is 5.56 Å². The molecule has 1 rings (SSSR count). The van der Waals surface area contributed by atoms with Gasteiger partial charge in [-0.2, -0.15) is 10.5 Å². The van der Waals surface area contributed by atoms with Crippen LogP contribution in [0.4, 0.5) is 8.78 Å². The Morgan fingerprint density at radius 1 is 1.15 bits per heavy atom. The van der Waals surface area contributed by atoms with Gasteiger partial charge in [-0.25, -0.2) is 8.78 Å². The lowest BCUT2D eigenvalue weighted by Gasteiger charge is -1.99. The third-order valence-corrected chi connectivity index (χ3v) is 2.02. The van der Waals surface area contributed by atoms with Gasteiger partial charge in [0.15, 0.2) is 11.6 Å². The summed E-state index contributed by atoms with van der Waals surface area (Å²) < 4.78 is 25.9. The van der Waals surface area contributed by atoms with Crippen molar-refractivity contribution in [2.75, 3.05) is 0 Å². The smallest absolute Gasteiger partial charge is 0.179 e. The zero-order valence-corrected chi connectivity index (χ0v) is 7.69. The van der Waals surface area contributed by atoms with Crippen LogP contribution in [0.25, 0.3) is 0 Å². The summed E-state index contributed by atoms with van der Waals surface area (Å²) in [5.74, 6) is -2.59. The van der Waals surface area contributed by atoms with E-state index < -0.39 is 22.8 Å². The summed E-state index contributed by atoms with van der Waals surface area (Å²) in [4.78, 5) is 0. The van der Waals surface area contributed by atoms with Crippen LogP contribution in [0.1, 0.15) is 11.1 Å². The molecule has 0 atom stereocenters. The van der Waals surface area contributed by atoms with Crippen LogP contribution >= 0.6 is 15.9 Å². The lowest BCUT2D eigenvalue weighted by molar-refractivity contribution is 0.503. The minimum absolute atomic E-state index is 0.0745. The SMILES string of the molecule is N#Cc1cc(Br)c(C#N)c(F)c1F. The van der Waals surface area contributed by atoms with E-state index in [2.05, 4.69) is 15.9 Å². The summed E-state index contributed by atoms with van der Waals surface area (Å²) >= 11 is 2.85. The molecule has 0 aromatic heterocycles. The Morgan fingerprint density at radius 3 is 2.23 bits per heavy atom. The molecule has 2 nitrogen and oxygen atoms in total. The Bertz CT molecular complexity index is 443. The zero-order valence-electron chi connectivity index (χ0n) is 6.11. The molecule has 0 heterocycles. The molecule has 0 aliphatic heterocycles. The van der Waals surface area contributed by atoms with Crippen LogP contribution in [-0.4, -0.2) is 0 Å². The average molecular weight is 243 g/mol. The largest absolute Gasteiger partial charge is 0.202 e. The topological polar surface area (TPSA) is 47.6 Å². The maximum atomic E-state index is 12.9. The summed E-state index contributed by atoms with van der Waals surface area (Å²) in [5.41, 5.74) is -0.861. The number of rotatable bonds is 0. The molecule has 5 heteroatoms. The van der Waals surface area contributed by atoms with Crippen LogP contribution in [-0.2, 0) is 0 Å². The van der Waals surface area contributed by atoms with E-state index in [1.54, 1.807) is 0 Å². The minimum Gasteiger partial charge on any atom is -0.202 e. The number of halogens is 3. The van der Waals surface area contributed by atoms with Gasteiger partial charge in [0.1, 0.15) is 17.7 Å². The Balaban J connectivity index is 3.60. The van der Waals surface area contributed by atoms with Gasteiger partial charge in [0.2, 0.25) is 0 Å². The Labute approximate surface area is 81.1 Å². The van der Waals surface area contributed by atoms with E-state index >= 15 is 0 Å². The molecule has 1 aromatic rings. The lowest BCUT2D eigenvalue weighted by Crippen LogP contribution is -1.95. The monoisotopic (exact) mass is 242 g/mol. The number of hydrogen-bond donors (Lipinski definition) is 0. The molecule has 0 spiro atoms. The summed E-state index contributed by atoms with van der Waals surface area (Å²) in [6, 6.07) is 4.02. The molecule has 0 saturated heterocycles. The molecule has 0 aliphatic carbocycles. The Kier molecular flexibility index (Phi) is 2.60. The second-order valence-electron chi connectivity index (χ2n) is 2.13. The van der Waals surface area contributed by atoms with Crippen LogP contribution in [0.2, 0.25) is 0 Å². The molecule has 0 fully saturated rings. The first-order valence-corrected chi connectivity index (χ1v) is 3.88. The van der Waals surface area contributed by atoms with Gasteiger partial charge >= 0.3 is 0 Å². The van der Waals surface area contributed by atoms with Crippen molar-refractivity contribution >= 4 is 15.9 Å². The van der Waals surface area contributed by atoms with E-state index in [-0.39, 0.29) is 4.47 Å². The molecule has 0 saturated carbocycles. The van der Waals surface area contributed by atoms with Crippen LogP contribution in [0.3, 0.4) is 0 Å². The van der Waals surface area contributed by atoms with Crippen LogP contribution < -0.4 is 0 Å². The maximum Gasteiger partial charge on any atom is 0.179 e. The fraction of sp³-hybridized carbons (Fsp3) is 0. The highest BCUT2D eigenvalue weighted by atomic mass is 79.9. The van der Waals surface area contributed by atoms with Gasteiger partial charge in [-0.15, -0.1) is 0 Å². The number of nitriles is 2. The second-order valence-corrected chi connectivity index (χ2v) is 2.99. The van der Waals surface area contributed by atoms with Crippen molar-refractivity contribution in [2.45, 2.75) is 0 Å². The summed E-state index contributed by atoms with van der Waals surface area (Å²) in [6.45, 7) is 0. The summed E-state index contributed by atoms with van der Waals surface area (Å²) in [7, 11) is 0. The molecule has 13 heavy (non-hydrogen) atoms. The first-order valence-electron chi connectivity index (χ1n) is 3.09.